The number of aromatic hydroxyl groups is 1. The van der Waals surface area contributed by atoms with Crippen LogP contribution < -0.4 is 5.43 Å². The maximum atomic E-state index is 10.9. The van der Waals surface area contributed by atoms with Crippen molar-refractivity contribution >= 4 is 5.78 Å². The van der Waals surface area contributed by atoms with Gasteiger partial charge in [-0.25, -0.2) is 0 Å². The predicted molar refractivity (Wildman–Crippen MR) is 41.4 cm³/mol. The Morgan fingerprint density at radius 3 is 2.67 bits per heavy atom. The van der Waals surface area contributed by atoms with E-state index in [-0.39, 0.29) is 5.76 Å². The summed E-state index contributed by atoms with van der Waals surface area (Å²) in [7, 11) is 0. The third kappa shape index (κ3) is 1.37. The highest BCUT2D eigenvalue weighted by Crippen LogP contribution is 2.12. The Kier molecular flexibility index (Phi) is 1.99. The van der Waals surface area contributed by atoms with Crippen LogP contribution in [0.1, 0.15) is 23.2 Å². The minimum absolute atomic E-state index is 0.278. The molecule has 1 heterocycles. The van der Waals surface area contributed by atoms with E-state index in [1.54, 1.807) is 0 Å². The number of Topliss-reactive ketones (excluding diaryl/α,β-unsaturated/α-hetero) is 1. The predicted octanol–water partition coefficient (Wildman–Crippen LogP) is 0.856. The Bertz CT molecular complexity index is 375. The summed E-state index contributed by atoms with van der Waals surface area (Å²) in [6, 6.07) is 1.13. The molecule has 0 saturated carbocycles. The van der Waals surface area contributed by atoms with Gasteiger partial charge in [-0.2, -0.15) is 0 Å². The zero-order valence-electron chi connectivity index (χ0n) is 6.75. The van der Waals surface area contributed by atoms with Crippen molar-refractivity contribution in [2.24, 2.45) is 0 Å². The molecule has 0 saturated heterocycles. The molecule has 0 atom stereocenters. The van der Waals surface area contributed by atoms with E-state index < -0.39 is 17.0 Å². The molecule has 1 rings (SSSR count). The van der Waals surface area contributed by atoms with Gasteiger partial charge in [-0.05, 0) is 6.92 Å². The molecule has 0 aliphatic rings. The van der Waals surface area contributed by atoms with Crippen molar-refractivity contribution in [1.29, 1.82) is 0 Å². The van der Waals surface area contributed by atoms with E-state index in [9.17, 15) is 9.59 Å². The fraction of sp³-hybridized carbons (Fsp3) is 0.250. The fourth-order valence-electron chi connectivity index (χ4n) is 0.842. The second-order valence-corrected chi connectivity index (χ2v) is 2.46. The van der Waals surface area contributed by atoms with Crippen molar-refractivity contribution in [3.05, 3.63) is 27.8 Å². The number of ketones is 1. The molecule has 0 unspecified atom stereocenters. The molecule has 12 heavy (non-hydrogen) atoms. The molecule has 0 aromatic carbocycles. The van der Waals surface area contributed by atoms with Gasteiger partial charge >= 0.3 is 0 Å². The van der Waals surface area contributed by atoms with Gasteiger partial charge in [0.25, 0.3) is 0 Å². The lowest BCUT2D eigenvalue weighted by Crippen LogP contribution is -2.05. The maximum Gasteiger partial charge on any atom is 0.227 e. The van der Waals surface area contributed by atoms with Crippen molar-refractivity contribution in [3.8, 4) is 5.75 Å². The SMILES string of the molecule is CC(=O)c1oc(C)cc(=O)c1O. The van der Waals surface area contributed by atoms with Gasteiger partial charge in [0, 0.05) is 13.0 Å². The molecule has 0 amide bonds. The van der Waals surface area contributed by atoms with Crippen molar-refractivity contribution in [2.45, 2.75) is 13.8 Å². The quantitative estimate of drug-likeness (QED) is 0.631. The molecule has 4 heteroatoms. The first-order valence-electron chi connectivity index (χ1n) is 3.37. The second kappa shape index (κ2) is 2.81. The molecule has 0 bridgehead atoms. The maximum absolute atomic E-state index is 10.9. The average Bonchev–Trinajstić information content (AvgIpc) is 1.96. The number of rotatable bonds is 1. The number of hydrogen-bond donors (Lipinski definition) is 1. The first kappa shape index (κ1) is 8.52. The summed E-state index contributed by atoms with van der Waals surface area (Å²) >= 11 is 0. The molecule has 1 aromatic heterocycles. The molecule has 0 aliphatic carbocycles. The lowest BCUT2D eigenvalue weighted by atomic mass is 10.2. The number of hydrogen-bond acceptors (Lipinski definition) is 4. The molecule has 64 valence electrons. The summed E-state index contributed by atoms with van der Waals surface area (Å²) in [5, 5.41) is 9.07. The first-order valence-corrected chi connectivity index (χ1v) is 3.37. The molecule has 1 N–H and O–H groups in total. The molecule has 0 spiro atoms. The molecule has 0 radical (unpaired) electrons. The number of aryl methyl sites for hydroxylation is 1. The fourth-order valence-corrected chi connectivity index (χ4v) is 0.842. The summed E-state index contributed by atoms with van der Waals surface area (Å²) in [5.41, 5.74) is -0.594. The van der Waals surface area contributed by atoms with E-state index in [1.165, 1.54) is 13.8 Å². The van der Waals surface area contributed by atoms with Gasteiger partial charge in [0.15, 0.2) is 5.78 Å². The summed E-state index contributed by atoms with van der Waals surface area (Å²) in [5.74, 6) is -1.05. The Morgan fingerprint density at radius 1 is 1.58 bits per heavy atom. The highest BCUT2D eigenvalue weighted by atomic mass is 16.4. The molecule has 1 aromatic rings. The van der Waals surface area contributed by atoms with Gasteiger partial charge in [0.2, 0.25) is 16.9 Å². The highest BCUT2D eigenvalue weighted by molar-refractivity contribution is 5.93. The Labute approximate surface area is 68.4 Å². The van der Waals surface area contributed by atoms with Crippen LogP contribution in [0.4, 0.5) is 0 Å². The Hall–Kier alpha value is -1.58. The second-order valence-electron chi connectivity index (χ2n) is 2.46. The van der Waals surface area contributed by atoms with Crippen LogP contribution in [0.2, 0.25) is 0 Å². The normalized spacial score (nSPS) is 9.83. The van der Waals surface area contributed by atoms with Crippen molar-refractivity contribution in [1.82, 2.24) is 0 Å². The topological polar surface area (TPSA) is 67.5 Å². The van der Waals surface area contributed by atoms with E-state index in [2.05, 4.69) is 0 Å². The van der Waals surface area contributed by atoms with E-state index in [0.29, 0.717) is 5.76 Å². The van der Waals surface area contributed by atoms with Crippen LogP contribution in [0.15, 0.2) is 15.3 Å². The van der Waals surface area contributed by atoms with Crippen molar-refractivity contribution in [3.63, 3.8) is 0 Å². The largest absolute Gasteiger partial charge is 0.501 e. The van der Waals surface area contributed by atoms with E-state index in [4.69, 9.17) is 9.52 Å². The minimum Gasteiger partial charge on any atom is -0.501 e. The van der Waals surface area contributed by atoms with Crippen molar-refractivity contribution < 1.29 is 14.3 Å². The van der Waals surface area contributed by atoms with E-state index in [1.807, 2.05) is 0 Å². The van der Waals surface area contributed by atoms with Gasteiger partial charge in [-0.3, -0.25) is 9.59 Å². The number of carbonyl (C=O) groups is 1. The third-order valence-electron chi connectivity index (χ3n) is 1.37. The third-order valence-corrected chi connectivity index (χ3v) is 1.37. The van der Waals surface area contributed by atoms with Crippen LogP contribution in [0.3, 0.4) is 0 Å². The van der Waals surface area contributed by atoms with Gasteiger partial charge in [0.1, 0.15) is 5.76 Å². The molecular formula is C8H8O4. The molecule has 0 fully saturated rings. The lowest BCUT2D eigenvalue weighted by Gasteiger charge is -1.98. The van der Waals surface area contributed by atoms with Crippen LogP contribution in [0.25, 0.3) is 0 Å². The van der Waals surface area contributed by atoms with E-state index in [0.717, 1.165) is 6.07 Å². The number of carbonyl (C=O) groups excluding carboxylic acids is 1. The summed E-state index contributed by atoms with van der Waals surface area (Å²) in [4.78, 5) is 21.7. The zero-order valence-corrected chi connectivity index (χ0v) is 6.75. The van der Waals surface area contributed by atoms with Gasteiger partial charge in [0.05, 0.1) is 0 Å². The van der Waals surface area contributed by atoms with Crippen LogP contribution in [0, 0.1) is 6.92 Å². The van der Waals surface area contributed by atoms with E-state index >= 15 is 0 Å². The summed E-state index contributed by atoms with van der Waals surface area (Å²) in [6.45, 7) is 2.75. The smallest absolute Gasteiger partial charge is 0.227 e. The molecular weight excluding hydrogens is 160 g/mol. The Balaban J connectivity index is 3.48. The monoisotopic (exact) mass is 168 g/mol. The van der Waals surface area contributed by atoms with Crippen LogP contribution >= 0.6 is 0 Å². The average molecular weight is 168 g/mol. The standard InChI is InChI=1S/C8H8O4/c1-4-3-6(10)7(11)8(12-4)5(2)9/h3,11H,1-2H3. The Morgan fingerprint density at radius 2 is 2.17 bits per heavy atom. The molecule has 4 nitrogen and oxygen atoms in total. The minimum atomic E-state index is -0.617. The lowest BCUT2D eigenvalue weighted by molar-refractivity contribution is 0.0978. The highest BCUT2D eigenvalue weighted by Gasteiger charge is 2.12. The zero-order chi connectivity index (χ0) is 9.30. The summed E-state index contributed by atoms with van der Waals surface area (Å²) < 4.78 is 4.85. The van der Waals surface area contributed by atoms with Crippen LogP contribution in [-0.2, 0) is 0 Å². The van der Waals surface area contributed by atoms with Gasteiger partial charge < -0.3 is 9.52 Å². The van der Waals surface area contributed by atoms with Gasteiger partial charge in [-0.15, -0.1) is 0 Å². The van der Waals surface area contributed by atoms with Crippen LogP contribution in [0.5, 0.6) is 5.75 Å². The molecule has 0 aliphatic heterocycles. The van der Waals surface area contributed by atoms with Crippen molar-refractivity contribution in [2.75, 3.05) is 0 Å². The summed E-state index contributed by atoms with van der Waals surface area (Å²) in [6.07, 6.45) is 0. The van der Waals surface area contributed by atoms with Gasteiger partial charge in [-0.1, -0.05) is 0 Å². The van der Waals surface area contributed by atoms with Crippen LogP contribution in [-0.4, -0.2) is 10.9 Å². The first-order chi connectivity index (χ1) is 5.52.